The van der Waals surface area contributed by atoms with Gasteiger partial charge in [0.05, 0.1) is 0 Å². The molecular weight excluding hydrogens is 212 g/mol. The molecule has 2 aromatic rings. The Labute approximate surface area is 102 Å². The van der Waals surface area contributed by atoms with E-state index < -0.39 is 0 Å². The second-order valence-corrected chi connectivity index (χ2v) is 4.13. The summed E-state index contributed by atoms with van der Waals surface area (Å²) in [6.45, 7) is 6.03. The van der Waals surface area contributed by atoms with Gasteiger partial charge >= 0.3 is 0 Å². The number of rotatable bonds is 5. The van der Waals surface area contributed by atoms with E-state index in [9.17, 15) is 0 Å². The van der Waals surface area contributed by atoms with Gasteiger partial charge in [-0.3, -0.25) is 4.98 Å². The number of aromatic nitrogens is 3. The Hall–Kier alpha value is -1.68. The van der Waals surface area contributed by atoms with Crippen molar-refractivity contribution in [3.05, 3.63) is 48.3 Å². The number of nitrogens with one attached hydrogen (secondary N) is 1. The van der Waals surface area contributed by atoms with Gasteiger partial charge < -0.3 is 9.88 Å². The van der Waals surface area contributed by atoms with E-state index in [0.29, 0.717) is 6.04 Å². The molecule has 0 saturated heterocycles. The van der Waals surface area contributed by atoms with Crippen molar-refractivity contribution in [2.45, 2.75) is 26.4 Å². The second kappa shape index (κ2) is 5.59. The van der Waals surface area contributed by atoms with Crippen molar-refractivity contribution < 1.29 is 0 Å². The smallest absolute Gasteiger partial charge is 0.105 e. The normalized spacial score (nSPS) is 12.6. The third-order valence-electron chi connectivity index (χ3n) is 2.91. The molecule has 0 saturated carbocycles. The highest BCUT2D eigenvalue weighted by Gasteiger charge is 2.04. The summed E-state index contributed by atoms with van der Waals surface area (Å²) in [5.74, 6) is 1.06. The Morgan fingerprint density at radius 3 is 2.94 bits per heavy atom. The molecule has 0 radical (unpaired) electrons. The van der Waals surface area contributed by atoms with Crippen molar-refractivity contribution in [1.29, 1.82) is 0 Å². The first-order valence-corrected chi connectivity index (χ1v) is 5.88. The van der Waals surface area contributed by atoms with Crippen LogP contribution in [0.3, 0.4) is 0 Å². The zero-order valence-electron chi connectivity index (χ0n) is 10.3. The van der Waals surface area contributed by atoms with Crippen LogP contribution in [0.2, 0.25) is 0 Å². The second-order valence-electron chi connectivity index (χ2n) is 4.13. The summed E-state index contributed by atoms with van der Waals surface area (Å²) in [7, 11) is 0. The molecule has 0 fully saturated rings. The predicted octanol–water partition coefficient (Wildman–Crippen LogP) is 1.94. The summed E-state index contributed by atoms with van der Waals surface area (Å²) in [4.78, 5) is 8.32. The van der Waals surface area contributed by atoms with E-state index in [0.717, 1.165) is 18.9 Å². The average molecular weight is 230 g/mol. The molecule has 0 aliphatic heterocycles. The average Bonchev–Trinajstić information content (AvgIpc) is 2.76. The van der Waals surface area contributed by atoms with Crippen LogP contribution in [-0.2, 0) is 6.54 Å². The summed E-state index contributed by atoms with van der Waals surface area (Å²) in [6.07, 6.45) is 7.54. The highest BCUT2D eigenvalue weighted by Crippen LogP contribution is 2.09. The lowest BCUT2D eigenvalue weighted by Crippen LogP contribution is -2.23. The highest BCUT2D eigenvalue weighted by atomic mass is 15.1. The number of imidazole rings is 1. The van der Waals surface area contributed by atoms with Gasteiger partial charge in [0.2, 0.25) is 0 Å². The Balaban J connectivity index is 1.81. The van der Waals surface area contributed by atoms with Crippen molar-refractivity contribution in [2.75, 3.05) is 6.54 Å². The molecule has 0 aliphatic rings. The molecular formula is C13H18N4. The quantitative estimate of drug-likeness (QED) is 0.853. The molecule has 2 aromatic heterocycles. The molecule has 4 nitrogen and oxygen atoms in total. The molecule has 0 unspecified atom stereocenters. The van der Waals surface area contributed by atoms with Crippen LogP contribution in [0, 0.1) is 6.92 Å². The molecule has 0 spiro atoms. The van der Waals surface area contributed by atoms with E-state index in [4.69, 9.17) is 0 Å². The van der Waals surface area contributed by atoms with Crippen LogP contribution in [0.5, 0.6) is 0 Å². The number of hydrogen-bond donors (Lipinski definition) is 1. The zero-order valence-corrected chi connectivity index (χ0v) is 10.3. The fourth-order valence-electron chi connectivity index (χ4n) is 1.79. The molecule has 17 heavy (non-hydrogen) atoms. The molecule has 0 amide bonds. The number of pyridine rings is 1. The third-order valence-corrected chi connectivity index (χ3v) is 2.91. The number of nitrogens with zero attached hydrogens (tertiary/aromatic N) is 3. The Morgan fingerprint density at radius 2 is 2.29 bits per heavy atom. The first-order valence-electron chi connectivity index (χ1n) is 5.88. The van der Waals surface area contributed by atoms with Gasteiger partial charge in [-0.2, -0.15) is 0 Å². The van der Waals surface area contributed by atoms with Crippen LogP contribution < -0.4 is 5.32 Å². The lowest BCUT2D eigenvalue weighted by atomic mass is 10.1. The monoisotopic (exact) mass is 230 g/mol. The maximum atomic E-state index is 4.20. The largest absolute Gasteiger partial charge is 0.334 e. The minimum Gasteiger partial charge on any atom is -0.334 e. The van der Waals surface area contributed by atoms with Crippen LogP contribution in [0.15, 0.2) is 36.9 Å². The molecule has 90 valence electrons. The van der Waals surface area contributed by atoms with E-state index in [1.807, 2.05) is 31.6 Å². The molecule has 2 heterocycles. The van der Waals surface area contributed by atoms with Gasteiger partial charge in [-0.25, -0.2) is 4.98 Å². The lowest BCUT2D eigenvalue weighted by molar-refractivity contribution is 0.525. The topological polar surface area (TPSA) is 42.7 Å². The summed E-state index contributed by atoms with van der Waals surface area (Å²) in [5, 5.41) is 3.48. The molecule has 0 bridgehead atoms. The Kier molecular flexibility index (Phi) is 3.88. The van der Waals surface area contributed by atoms with Crippen molar-refractivity contribution in [3.8, 4) is 0 Å². The molecule has 4 heteroatoms. The van der Waals surface area contributed by atoms with Crippen LogP contribution in [0.1, 0.15) is 24.4 Å². The van der Waals surface area contributed by atoms with Gasteiger partial charge in [-0.15, -0.1) is 0 Å². The van der Waals surface area contributed by atoms with E-state index in [2.05, 4.69) is 32.8 Å². The van der Waals surface area contributed by atoms with E-state index >= 15 is 0 Å². The fourth-order valence-corrected chi connectivity index (χ4v) is 1.79. The number of hydrogen-bond acceptors (Lipinski definition) is 3. The van der Waals surface area contributed by atoms with Gasteiger partial charge in [0.15, 0.2) is 0 Å². The summed E-state index contributed by atoms with van der Waals surface area (Å²) in [5.41, 5.74) is 1.22. The minimum absolute atomic E-state index is 0.326. The molecule has 1 atom stereocenters. The highest BCUT2D eigenvalue weighted by molar-refractivity contribution is 5.12. The maximum absolute atomic E-state index is 4.20. The third kappa shape index (κ3) is 3.14. The predicted molar refractivity (Wildman–Crippen MR) is 67.6 cm³/mol. The Morgan fingerprint density at radius 1 is 1.41 bits per heavy atom. The minimum atomic E-state index is 0.326. The molecule has 0 aliphatic carbocycles. The van der Waals surface area contributed by atoms with Crippen LogP contribution in [0.25, 0.3) is 0 Å². The van der Waals surface area contributed by atoms with Gasteiger partial charge in [-0.1, -0.05) is 6.07 Å². The SMILES string of the molecule is Cc1nccn1CCN[C@H](C)c1cccnc1. The summed E-state index contributed by atoms with van der Waals surface area (Å²) in [6, 6.07) is 4.38. The molecule has 2 rings (SSSR count). The van der Waals surface area contributed by atoms with E-state index in [1.54, 1.807) is 6.20 Å². The van der Waals surface area contributed by atoms with Gasteiger partial charge in [0, 0.05) is 43.9 Å². The molecule has 1 N–H and O–H groups in total. The Bertz CT molecular complexity index is 449. The fraction of sp³-hybridized carbons (Fsp3) is 0.385. The van der Waals surface area contributed by atoms with Crippen molar-refractivity contribution in [3.63, 3.8) is 0 Å². The first-order chi connectivity index (χ1) is 8.27. The van der Waals surface area contributed by atoms with Crippen molar-refractivity contribution in [2.24, 2.45) is 0 Å². The van der Waals surface area contributed by atoms with Crippen LogP contribution in [0.4, 0.5) is 0 Å². The summed E-state index contributed by atoms with van der Waals surface area (Å²) < 4.78 is 2.14. The van der Waals surface area contributed by atoms with Gasteiger partial charge in [0.1, 0.15) is 5.82 Å². The van der Waals surface area contributed by atoms with Crippen molar-refractivity contribution in [1.82, 2.24) is 19.9 Å². The maximum Gasteiger partial charge on any atom is 0.105 e. The zero-order chi connectivity index (χ0) is 12.1. The van der Waals surface area contributed by atoms with Crippen molar-refractivity contribution >= 4 is 0 Å². The number of aryl methyl sites for hydroxylation is 1. The standard InChI is InChI=1S/C13H18N4/c1-11(13-4-3-5-14-10-13)15-6-8-17-9-7-16-12(17)2/h3-5,7,9-11,15H,6,8H2,1-2H3/t11-/m1/s1. The summed E-state index contributed by atoms with van der Waals surface area (Å²) >= 11 is 0. The van der Waals surface area contributed by atoms with Gasteiger partial charge in [0.25, 0.3) is 0 Å². The van der Waals surface area contributed by atoms with Gasteiger partial charge in [-0.05, 0) is 25.5 Å². The van der Waals surface area contributed by atoms with E-state index in [1.165, 1.54) is 5.56 Å². The van der Waals surface area contributed by atoms with Crippen LogP contribution in [-0.4, -0.2) is 21.1 Å². The van der Waals surface area contributed by atoms with Crippen LogP contribution >= 0.6 is 0 Å². The molecule has 0 aromatic carbocycles. The van der Waals surface area contributed by atoms with E-state index in [-0.39, 0.29) is 0 Å². The lowest BCUT2D eigenvalue weighted by Gasteiger charge is -2.14. The first kappa shape index (κ1) is 11.8.